The maximum Gasteiger partial charge on any atom is 0.0597 e. The SMILES string of the molecule is CCC1CN2CCCCC2CN1CCOC1CCCC1. The van der Waals surface area contributed by atoms with E-state index in [1.807, 2.05) is 0 Å². The summed E-state index contributed by atoms with van der Waals surface area (Å²) in [6, 6.07) is 1.59. The minimum atomic E-state index is 0.575. The molecular formula is C17H32N2O. The second kappa shape index (κ2) is 7.24. The largest absolute Gasteiger partial charge is 0.377 e. The molecule has 2 atom stereocenters. The van der Waals surface area contributed by atoms with Crippen LogP contribution in [0, 0.1) is 0 Å². The van der Waals surface area contributed by atoms with Gasteiger partial charge in [0.1, 0.15) is 0 Å². The molecule has 0 aromatic heterocycles. The van der Waals surface area contributed by atoms with Crippen LogP contribution in [0.4, 0.5) is 0 Å². The Morgan fingerprint density at radius 1 is 1.00 bits per heavy atom. The molecule has 3 heteroatoms. The van der Waals surface area contributed by atoms with Gasteiger partial charge in [0.2, 0.25) is 0 Å². The van der Waals surface area contributed by atoms with E-state index in [2.05, 4.69) is 16.7 Å². The van der Waals surface area contributed by atoms with Crippen molar-refractivity contribution in [1.29, 1.82) is 0 Å². The molecule has 1 saturated carbocycles. The van der Waals surface area contributed by atoms with Gasteiger partial charge in [-0.15, -0.1) is 0 Å². The number of fused-ring (bicyclic) bond motifs is 1. The van der Waals surface area contributed by atoms with Gasteiger partial charge in [-0.3, -0.25) is 9.80 Å². The Morgan fingerprint density at radius 2 is 1.80 bits per heavy atom. The van der Waals surface area contributed by atoms with Crippen LogP contribution < -0.4 is 0 Å². The zero-order chi connectivity index (χ0) is 13.8. The molecule has 2 aliphatic heterocycles. The average Bonchev–Trinajstić information content (AvgIpc) is 3.00. The lowest BCUT2D eigenvalue weighted by Gasteiger charge is -2.48. The number of nitrogens with zero attached hydrogens (tertiary/aromatic N) is 2. The molecule has 0 bridgehead atoms. The quantitative estimate of drug-likeness (QED) is 0.770. The van der Waals surface area contributed by atoms with Crippen LogP contribution in [0.2, 0.25) is 0 Å². The lowest BCUT2D eigenvalue weighted by molar-refractivity contribution is -0.0191. The molecule has 3 rings (SSSR count). The van der Waals surface area contributed by atoms with Crippen molar-refractivity contribution in [2.24, 2.45) is 0 Å². The molecule has 2 unspecified atom stereocenters. The topological polar surface area (TPSA) is 15.7 Å². The minimum Gasteiger partial charge on any atom is -0.377 e. The summed E-state index contributed by atoms with van der Waals surface area (Å²) in [7, 11) is 0. The van der Waals surface area contributed by atoms with Crippen molar-refractivity contribution in [1.82, 2.24) is 9.80 Å². The highest BCUT2D eigenvalue weighted by Crippen LogP contribution is 2.25. The first-order valence-electron chi connectivity index (χ1n) is 8.96. The summed E-state index contributed by atoms with van der Waals surface area (Å²) in [5.74, 6) is 0. The molecule has 116 valence electrons. The Balaban J connectivity index is 1.46. The average molecular weight is 280 g/mol. The van der Waals surface area contributed by atoms with Gasteiger partial charge in [0.25, 0.3) is 0 Å². The van der Waals surface area contributed by atoms with E-state index in [0.717, 1.165) is 25.2 Å². The molecule has 3 fully saturated rings. The lowest BCUT2D eigenvalue weighted by Crippen LogP contribution is -2.59. The maximum absolute atomic E-state index is 6.08. The van der Waals surface area contributed by atoms with Gasteiger partial charge in [-0.05, 0) is 38.6 Å². The van der Waals surface area contributed by atoms with E-state index < -0.39 is 0 Å². The van der Waals surface area contributed by atoms with Gasteiger partial charge in [-0.25, -0.2) is 0 Å². The lowest BCUT2D eigenvalue weighted by atomic mass is 9.96. The smallest absolute Gasteiger partial charge is 0.0597 e. The summed E-state index contributed by atoms with van der Waals surface area (Å²) in [6.45, 7) is 8.37. The summed E-state index contributed by atoms with van der Waals surface area (Å²) in [6.07, 6.45) is 11.5. The molecule has 1 aliphatic carbocycles. The third-order valence-corrected chi connectivity index (χ3v) is 5.66. The van der Waals surface area contributed by atoms with E-state index in [9.17, 15) is 0 Å². The molecule has 0 N–H and O–H groups in total. The van der Waals surface area contributed by atoms with E-state index in [1.54, 1.807) is 0 Å². The van der Waals surface area contributed by atoms with Gasteiger partial charge < -0.3 is 4.74 Å². The van der Waals surface area contributed by atoms with Crippen molar-refractivity contribution >= 4 is 0 Å². The second-order valence-corrected chi connectivity index (χ2v) is 6.98. The third kappa shape index (κ3) is 3.55. The number of hydrogen-bond acceptors (Lipinski definition) is 3. The third-order valence-electron chi connectivity index (χ3n) is 5.66. The first kappa shape index (κ1) is 14.8. The molecule has 0 amide bonds. The number of hydrogen-bond donors (Lipinski definition) is 0. The highest BCUT2D eigenvalue weighted by Gasteiger charge is 2.33. The molecule has 0 spiro atoms. The Bertz CT molecular complexity index is 291. The first-order valence-corrected chi connectivity index (χ1v) is 8.96. The van der Waals surface area contributed by atoms with Gasteiger partial charge in [-0.1, -0.05) is 26.2 Å². The molecule has 3 aliphatic rings. The Labute approximate surface area is 124 Å². The van der Waals surface area contributed by atoms with Crippen LogP contribution in [0.3, 0.4) is 0 Å². The molecule has 2 heterocycles. The molecule has 2 saturated heterocycles. The van der Waals surface area contributed by atoms with Crippen LogP contribution in [0.1, 0.15) is 58.3 Å². The number of ether oxygens (including phenoxy) is 1. The highest BCUT2D eigenvalue weighted by molar-refractivity contribution is 4.90. The van der Waals surface area contributed by atoms with Gasteiger partial charge in [-0.2, -0.15) is 0 Å². The maximum atomic E-state index is 6.08. The van der Waals surface area contributed by atoms with Crippen LogP contribution in [-0.2, 0) is 4.74 Å². The molecular weight excluding hydrogens is 248 g/mol. The van der Waals surface area contributed by atoms with Crippen LogP contribution >= 0.6 is 0 Å². The van der Waals surface area contributed by atoms with E-state index in [-0.39, 0.29) is 0 Å². The highest BCUT2D eigenvalue weighted by atomic mass is 16.5. The normalized spacial score (nSPS) is 33.5. The van der Waals surface area contributed by atoms with E-state index in [4.69, 9.17) is 4.74 Å². The van der Waals surface area contributed by atoms with Crippen molar-refractivity contribution in [3.63, 3.8) is 0 Å². The fraction of sp³-hybridized carbons (Fsp3) is 1.00. The van der Waals surface area contributed by atoms with Gasteiger partial charge in [0, 0.05) is 31.7 Å². The fourth-order valence-electron chi connectivity index (χ4n) is 4.37. The predicted molar refractivity (Wildman–Crippen MR) is 83.1 cm³/mol. The molecule has 0 radical (unpaired) electrons. The monoisotopic (exact) mass is 280 g/mol. The second-order valence-electron chi connectivity index (χ2n) is 6.98. The van der Waals surface area contributed by atoms with Gasteiger partial charge in [0.05, 0.1) is 12.7 Å². The van der Waals surface area contributed by atoms with Crippen molar-refractivity contribution < 1.29 is 4.74 Å². The Kier molecular flexibility index (Phi) is 5.36. The standard InChI is InChI=1S/C17H32N2O/c1-2-15-13-18-10-6-5-7-16(18)14-19(15)11-12-20-17-8-3-4-9-17/h15-17H,2-14H2,1H3. The summed E-state index contributed by atoms with van der Waals surface area (Å²) in [5, 5.41) is 0. The van der Waals surface area contributed by atoms with Crippen LogP contribution in [0.15, 0.2) is 0 Å². The predicted octanol–water partition coefficient (Wildman–Crippen LogP) is 2.89. The zero-order valence-corrected chi connectivity index (χ0v) is 13.2. The minimum absolute atomic E-state index is 0.575. The summed E-state index contributed by atoms with van der Waals surface area (Å²) >= 11 is 0. The molecule has 3 nitrogen and oxygen atoms in total. The first-order chi connectivity index (χ1) is 9.86. The summed E-state index contributed by atoms with van der Waals surface area (Å²) < 4.78 is 6.08. The van der Waals surface area contributed by atoms with Crippen LogP contribution in [0.25, 0.3) is 0 Å². The van der Waals surface area contributed by atoms with Crippen molar-refractivity contribution in [2.75, 3.05) is 32.8 Å². The number of rotatable bonds is 5. The number of piperidine rings is 1. The van der Waals surface area contributed by atoms with Gasteiger partial charge >= 0.3 is 0 Å². The van der Waals surface area contributed by atoms with E-state index in [0.29, 0.717) is 6.10 Å². The van der Waals surface area contributed by atoms with Crippen LogP contribution in [0.5, 0.6) is 0 Å². The fourth-order valence-corrected chi connectivity index (χ4v) is 4.37. The molecule has 20 heavy (non-hydrogen) atoms. The van der Waals surface area contributed by atoms with Crippen molar-refractivity contribution in [2.45, 2.75) is 76.5 Å². The zero-order valence-electron chi connectivity index (χ0n) is 13.2. The summed E-state index contributed by atoms with van der Waals surface area (Å²) in [4.78, 5) is 5.48. The summed E-state index contributed by atoms with van der Waals surface area (Å²) in [5.41, 5.74) is 0. The van der Waals surface area contributed by atoms with Gasteiger partial charge in [0.15, 0.2) is 0 Å². The molecule has 0 aromatic rings. The van der Waals surface area contributed by atoms with E-state index in [1.165, 1.54) is 71.0 Å². The molecule has 0 aromatic carbocycles. The number of piperazine rings is 1. The van der Waals surface area contributed by atoms with Crippen LogP contribution in [-0.4, -0.2) is 60.8 Å². The Morgan fingerprint density at radius 3 is 2.60 bits per heavy atom. The van der Waals surface area contributed by atoms with Crippen molar-refractivity contribution in [3.8, 4) is 0 Å². The van der Waals surface area contributed by atoms with E-state index >= 15 is 0 Å². The van der Waals surface area contributed by atoms with Crippen molar-refractivity contribution in [3.05, 3.63) is 0 Å². The Hall–Kier alpha value is -0.120.